The molecule has 0 heterocycles. The van der Waals surface area contributed by atoms with Gasteiger partial charge >= 0.3 is 50.6 Å². The summed E-state index contributed by atoms with van der Waals surface area (Å²) < 4.78 is 17.2. The molecule has 0 aromatic heterocycles. The molecule has 0 rings (SSSR count). The number of hydrogen-bond acceptors (Lipinski definition) is 7. The van der Waals surface area contributed by atoms with Crippen LogP contribution in [0.25, 0.3) is 0 Å². The van der Waals surface area contributed by atoms with E-state index in [0.29, 0.717) is 0 Å². The van der Waals surface area contributed by atoms with Crippen LogP contribution in [0, 0.1) is 0 Å². The third-order valence-corrected chi connectivity index (χ3v) is 1.54. The molecular formula is C4H4LiO10P. The molecule has 0 saturated heterocycles. The van der Waals surface area contributed by atoms with E-state index in [1.165, 1.54) is 0 Å². The van der Waals surface area contributed by atoms with E-state index in [1.54, 1.807) is 0 Å². The predicted octanol–water partition coefficient (Wildman–Crippen LogP) is -2.31. The summed E-state index contributed by atoms with van der Waals surface area (Å²) in [4.78, 5) is 48.6. The number of carboxylic acids is 2. The van der Waals surface area contributed by atoms with Crippen LogP contribution in [0.3, 0.4) is 0 Å². The van der Waals surface area contributed by atoms with Crippen LogP contribution in [0.15, 0.2) is 0 Å². The third-order valence-electron chi connectivity index (χ3n) is 0.746. The molecule has 0 amide bonds. The Bertz CT molecular complexity index is 341. The molecule has 0 radical (unpaired) electrons. The third kappa shape index (κ3) is 6.21. The first-order chi connectivity index (χ1) is 6.65. The van der Waals surface area contributed by atoms with Gasteiger partial charge in [0.2, 0.25) is 0 Å². The molecule has 3 N–H and O–H groups in total. The van der Waals surface area contributed by atoms with Gasteiger partial charge in [0, 0.05) is 0 Å². The molecule has 10 nitrogen and oxygen atoms in total. The van der Waals surface area contributed by atoms with Gasteiger partial charge in [-0.15, -0.1) is 0 Å². The van der Waals surface area contributed by atoms with Gasteiger partial charge in [-0.2, -0.15) is 0 Å². The molecule has 0 aliphatic carbocycles. The number of aliphatic carboxylic acids is 2. The van der Waals surface area contributed by atoms with Gasteiger partial charge in [0.15, 0.2) is 0 Å². The maximum absolute atomic E-state index is 10.6. The minimum atomic E-state index is -5.37. The molecule has 0 saturated carbocycles. The van der Waals surface area contributed by atoms with Crippen LogP contribution in [-0.4, -0.2) is 57.8 Å². The second kappa shape index (κ2) is 6.29. The van der Waals surface area contributed by atoms with Gasteiger partial charge in [-0.3, -0.25) is 4.89 Å². The zero-order chi connectivity index (χ0) is 12.2. The van der Waals surface area contributed by atoms with Gasteiger partial charge in [0.05, 0.1) is 0 Å². The molecule has 0 aliphatic rings. The summed E-state index contributed by atoms with van der Waals surface area (Å²) in [5, 5.41) is 15.9. The molecule has 0 unspecified atom stereocenters. The van der Waals surface area contributed by atoms with Crippen LogP contribution in [0.5, 0.6) is 0 Å². The zero-order valence-corrected chi connectivity index (χ0v) is 7.54. The zero-order valence-electron chi connectivity index (χ0n) is 6.65. The minimum absolute atomic E-state index is 0. The molecule has 0 spiro atoms. The summed E-state index contributed by atoms with van der Waals surface area (Å²) in [6.07, 6.45) is 0. The Morgan fingerprint density at radius 1 is 0.875 bits per heavy atom. The second-order valence-electron chi connectivity index (χ2n) is 1.84. The first kappa shape index (κ1) is 17.1. The van der Waals surface area contributed by atoms with Gasteiger partial charge in [-0.05, 0) is 0 Å². The monoisotopic (exact) mass is 250 g/mol. The molecular weight excluding hydrogens is 246 g/mol. The van der Waals surface area contributed by atoms with Crippen molar-refractivity contribution in [2.24, 2.45) is 0 Å². The van der Waals surface area contributed by atoms with Crippen molar-refractivity contribution in [2.45, 2.75) is 0 Å². The first-order valence-corrected chi connectivity index (χ1v) is 4.42. The van der Waals surface area contributed by atoms with Crippen molar-refractivity contribution in [1.29, 1.82) is 0 Å². The van der Waals surface area contributed by atoms with Gasteiger partial charge in [0.1, 0.15) is 0 Å². The summed E-state index contributed by atoms with van der Waals surface area (Å²) in [5.74, 6) is -8.76. The Morgan fingerprint density at radius 3 is 1.31 bits per heavy atom. The summed E-state index contributed by atoms with van der Waals surface area (Å²) in [5.41, 5.74) is 0. The fourth-order valence-corrected chi connectivity index (χ4v) is 0.919. The number of phosphoric acid groups is 1. The SMILES string of the molecule is O=C(O)C(=O)OP(=O)(O)OC(=O)C(=O)O.[LiH]. The van der Waals surface area contributed by atoms with Gasteiger partial charge in [0.25, 0.3) is 0 Å². The van der Waals surface area contributed by atoms with Crippen molar-refractivity contribution in [3.63, 3.8) is 0 Å². The topological polar surface area (TPSA) is 164 Å². The van der Waals surface area contributed by atoms with Crippen LogP contribution in [0.2, 0.25) is 0 Å². The standard InChI is InChI=1S/C4H3O10P.Li.H/c5-1(6)3(9)13-15(11,12)14-4(10)2(7)8;;/h(H,5,6)(H,7,8)(H,11,12);;. The number of carbonyl (C=O) groups excluding carboxylic acids is 2. The van der Waals surface area contributed by atoms with Crippen molar-refractivity contribution < 1.29 is 47.9 Å². The van der Waals surface area contributed by atoms with Crippen molar-refractivity contribution in [3.8, 4) is 0 Å². The summed E-state index contributed by atoms with van der Waals surface area (Å²) in [6, 6.07) is 0. The molecule has 0 aromatic carbocycles. The molecule has 0 atom stereocenters. The summed E-state index contributed by atoms with van der Waals surface area (Å²) >= 11 is 0. The Labute approximate surface area is 98.9 Å². The van der Waals surface area contributed by atoms with E-state index in [2.05, 4.69) is 9.05 Å². The normalized spacial score (nSPS) is 9.56. The van der Waals surface area contributed by atoms with Crippen LogP contribution >= 0.6 is 7.82 Å². The fourth-order valence-electron chi connectivity index (χ4n) is 0.306. The van der Waals surface area contributed by atoms with Crippen LogP contribution in [-0.2, 0) is 32.8 Å². The van der Waals surface area contributed by atoms with E-state index in [0.717, 1.165) is 0 Å². The molecule has 16 heavy (non-hydrogen) atoms. The predicted molar refractivity (Wildman–Crippen MR) is 44.4 cm³/mol. The Balaban J connectivity index is 0. The van der Waals surface area contributed by atoms with Crippen LogP contribution in [0.4, 0.5) is 0 Å². The van der Waals surface area contributed by atoms with Gasteiger partial charge < -0.3 is 19.3 Å². The number of rotatable bonds is 2. The molecule has 0 bridgehead atoms. The first-order valence-electron chi connectivity index (χ1n) is 2.92. The number of carboxylic acid groups (broad SMARTS) is 2. The molecule has 86 valence electrons. The second-order valence-corrected chi connectivity index (χ2v) is 3.14. The van der Waals surface area contributed by atoms with Crippen molar-refractivity contribution in [2.75, 3.05) is 0 Å². The quantitative estimate of drug-likeness (QED) is 0.275. The van der Waals surface area contributed by atoms with Crippen molar-refractivity contribution in [3.05, 3.63) is 0 Å². The van der Waals surface area contributed by atoms with Crippen LogP contribution in [0.1, 0.15) is 0 Å². The average molecular weight is 250 g/mol. The summed E-state index contributed by atoms with van der Waals surface area (Å²) in [6.45, 7) is 0. The van der Waals surface area contributed by atoms with E-state index < -0.39 is 31.7 Å². The molecule has 0 aromatic rings. The Kier molecular flexibility index (Phi) is 6.72. The number of carbonyl (C=O) groups is 4. The maximum atomic E-state index is 10.6. The van der Waals surface area contributed by atoms with E-state index in [4.69, 9.17) is 15.1 Å². The van der Waals surface area contributed by atoms with Gasteiger partial charge in [-0.1, -0.05) is 0 Å². The molecule has 0 aliphatic heterocycles. The van der Waals surface area contributed by atoms with Gasteiger partial charge in [-0.25, -0.2) is 23.7 Å². The summed E-state index contributed by atoms with van der Waals surface area (Å²) in [7, 11) is -5.37. The average Bonchev–Trinajstić information content (AvgIpc) is 2.01. The van der Waals surface area contributed by atoms with E-state index >= 15 is 0 Å². The Hall–Kier alpha value is -1.33. The molecule has 12 heteroatoms. The Morgan fingerprint density at radius 2 is 1.12 bits per heavy atom. The number of phosphoric ester groups is 1. The van der Waals surface area contributed by atoms with Crippen molar-refractivity contribution >= 4 is 50.6 Å². The van der Waals surface area contributed by atoms with E-state index in [-0.39, 0.29) is 18.9 Å². The van der Waals surface area contributed by atoms with Crippen molar-refractivity contribution in [1.82, 2.24) is 0 Å². The van der Waals surface area contributed by atoms with Crippen LogP contribution < -0.4 is 0 Å². The number of hydrogen-bond donors (Lipinski definition) is 3. The van der Waals surface area contributed by atoms with E-state index in [9.17, 15) is 23.7 Å². The fraction of sp³-hybridized carbons (Fsp3) is 0. The molecule has 0 fully saturated rings. The van der Waals surface area contributed by atoms with E-state index in [1.807, 2.05) is 0 Å².